The molecule has 0 fully saturated rings. The Morgan fingerprint density at radius 2 is 2.07 bits per heavy atom. The Hall–Kier alpha value is -3.54. The first kappa shape index (κ1) is 17.9. The minimum atomic E-state index is 0.381. The van der Waals surface area contributed by atoms with Gasteiger partial charge in [0.15, 0.2) is 0 Å². The van der Waals surface area contributed by atoms with Crippen LogP contribution in [0.5, 0.6) is 11.6 Å². The van der Waals surface area contributed by atoms with Crippen LogP contribution in [0.1, 0.15) is 10.6 Å². The molecular formula is C20H16N6OS. The van der Waals surface area contributed by atoms with Gasteiger partial charge in [-0.15, -0.1) is 11.3 Å². The molecule has 8 heteroatoms. The summed E-state index contributed by atoms with van der Waals surface area (Å²) < 4.78 is 7.80. The van der Waals surface area contributed by atoms with E-state index in [4.69, 9.17) is 10.5 Å². The van der Waals surface area contributed by atoms with Gasteiger partial charge in [-0.25, -0.2) is 9.67 Å². The first-order valence-electron chi connectivity index (χ1n) is 8.50. The predicted octanol–water partition coefficient (Wildman–Crippen LogP) is 3.73. The van der Waals surface area contributed by atoms with E-state index in [2.05, 4.69) is 21.1 Å². The molecule has 4 rings (SSSR count). The summed E-state index contributed by atoms with van der Waals surface area (Å²) in [6.07, 6.45) is 3.49. The van der Waals surface area contributed by atoms with Crippen LogP contribution in [0.15, 0.2) is 54.9 Å². The molecule has 28 heavy (non-hydrogen) atoms. The highest BCUT2D eigenvalue weighted by Crippen LogP contribution is 2.37. The minimum absolute atomic E-state index is 0.381. The Kier molecular flexibility index (Phi) is 4.85. The van der Waals surface area contributed by atoms with E-state index < -0.39 is 0 Å². The zero-order valence-electron chi connectivity index (χ0n) is 15.0. The van der Waals surface area contributed by atoms with Crippen LogP contribution >= 0.6 is 11.3 Å². The number of hydrogen-bond donors (Lipinski definition) is 1. The molecule has 0 spiro atoms. The number of thiazole rings is 1. The van der Waals surface area contributed by atoms with Crippen LogP contribution in [0.2, 0.25) is 0 Å². The largest absolute Gasteiger partial charge is 0.439 e. The van der Waals surface area contributed by atoms with Crippen molar-refractivity contribution in [2.45, 2.75) is 6.54 Å². The number of rotatable bonds is 5. The number of hydrogen-bond acceptors (Lipinski definition) is 7. The quantitative estimate of drug-likeness (QED) is 0.559. The van der Waals surface area contributed by atoms with Gasteiger partial charge in [0.25, 0.3) is 0 Å². The minimum Gasteiger partial charge on any atom is -0.439 e. The highest BCUT2D eigenvalue weighted by Gasteiger charge is 2.15. The van der Waals surface area contributed by atoms with Gasteiger partial charge >= 0.3 is 0 Å². The van der Waals surface area contributed by atoms with E-state index in [9.17, 15) is 5.26 Å². The van der Waals surface area contributed by atoms with Gasteiger partial charge < -0.3 is 10.5 Å². The normalized spacial score (nSPS) is 10.6. The molecule has 0 saturated carbocycles. The molecular weight excluding hydrogens is 372 g/mol. The molecule has 0 atom stereocenters. The SMILES string of the molecule is Cn1nc(-c2ccccn2)cc1Oc1cc(C#N)ccc1-c1cnc(CN)s1. The third-order valence-corrected chi connectivity index (χ3v) is 5.14. The lowest BCUT2D eigenvalue weighted by Gasteiger charge is -2.10. The molecule has 0 bridgehead atoms. The van der Waals surface area contributed by atoms with Crippen molar-refractivity contribution < 1.29 is 4.74 Å². The average molecular weight is 388 g/mol. The predicted molar refractivity (Wildman–Crippen MR) is 107 cm³/mol. The first-order chi connectivity index (χ1) is 13.7. The summed E-state index contributed by atoms with van der Waals surface area (Å²) in [5.74, 6) is 1.10. The standard InChI is InChI=1S/C20H16N6OS/c1-26-20(9-16(25-26)15-4-2-3-7-23-15)27-17-8-13(10-21)5-6-14(17)18-12-24-19(11-22)28-18/h2-9,12H,11,22H2,1H3. The second kappa shape index (κ2) is 7.60. The molecule has 0 radical (unpaired) electrons. The summed E-state index contributed by atoms with van der Waals surface area (Å²) in [4.78, 5) is 9.56. The zero-order chi connectivity index (χ0) is 19.5. The molecule has 2 N–H and O–H groups in total. The molecule has 0 unspecified atom stereocenters. The fourth-order valence-electron chi connectivity index (χ4n) is 2.71. The highest BCUT2D eigenvalue weighted by atomic mass is 32.1. The van der Waals surface area contributed by atoms with E-state index in [1.807, 2.05) is 30.3 Å². The number of nitriles is 1. The van der Waals surface area contributed by atoms with Crippen molar-refractivity contribution in [3.05, 3.63) is 65.4 Å². The topological polar surface area (TPSA) is 103 Å². The van der Waals surface area contributed by atoms with Gasteiger partial charge in [0, 0.05) is 37.6 Å². The van der Waals surface area contributed by atoms with E-state index in [0.29, 0.717) is 29.4 Å². The Labute approximate surface area is 165 Å². The maximum Gasteiger partial charge on any atom is 0.218 e. The summed E-state index contributed by atoms with van der Waals surface area (Å²) in [6.45, 7) is 0.381. The number of pyridine rings is 1. The average Bonchev–Trinajstić information content (AvgIpc) is 3.35. The van der Waals surface area contributed by atoms with Crippen LogP contribution in [-0.2, 0) is 13.6 Å². The van der Waals surface area contributed by atoms with Crippen LogP contribution in [0.25, 0.3) is 21.8 Å². The molecule has 4 aromatic rings. The zero-order valence-corrected chi connectivity index (χ0v) is 15.8. The van der Waals surface area contributed by atoms with Crippen molar-refractivity contribution in [3.63, 3.8) is 0 Å². The Balaban J connectivity index is 1.73. The Morgan fingerprint density at radius 1 is 1.18 bits per heavy atom. The van der Waals surface area contributed by atoms with Gasteiger partial charge in [0.05, 0.1) is 22.2 Å². The van der Waals surface area contributed by atoms with Crippen LogP contribution in [-0.4, -0.2) is 19.7 Å². The van der Waals surface area contributed by atoms with Crippen molar-refractivity contribution in [2.24, 2.45) is 12.8 Å². The molecule has 7 nitrogen and oxygen atoms in total. The van der Waals surface area contributed by atoms with Gasteiger partial charge in [-0.3, -0.25) is 4.98 Å². The summed E-state index contributed by atoms with van der Waals surface area (Å²) in [7, 11) is 1.80. The van der Waals surface area contributed by atoms with Crippen molar-refractivity contribution in [1.82, 2.24) is 19.7 Å². The second-order valence-electron chi connectivity index (χ2n) is 5.95. The van der Waals surface area contributed by atoms with Gasteiger partial charge in [-0.2, -0.15) is 10.4 Å². The van der Waals surface area contributed by atoms with Crippen molar-refractivity contribution >= 4 is 11.3 Å². The lowest BCUT2D eigenvalue weighted by atomic mass is 10.1. The van der Waals surface area contributed by atoms with Crippen LogP contribution in [0, 0.1) is 11.3 Å². The van der Waals surface area contributed by atoms with Gasteiger partial charge in [-0.1, -0.05) is 6.07 Å². The van der Waals surface area contributed by atoms with Crippen LogP contribution in [0.4, 0.5) is 0 Å². The monoisotopic (exact) mass is 388 g/mol. The van der Waals surface area contributed by atoms with E-state index >= 15 is 0 Å². The molecule has 3 aromatic heterocycles. The van der Waals surface area contributed by atoms with Gasteiger partial charge in [0.1, 0.15) is 16.5 Å². The molecule has 0 saturated heterocycles. The molecule has 1 aromatic carbocycles. The smallest absolute Gasteiger partial charge is 0.218 e. The van der Waals surface area contributed by atoms with E-state index in [0.717, 1.165) is 21.1 Å². The second-order valence-corrected chi connectivity index (χ2v) is 7.07. The summed E-state index contributed by atoms with van der Waals surface area (Å²) in [5.41, 5.74) is 8.50. The third-order valence-electron chi connectivity index (χ3n) is 4.08. The summed E-state index contributed by atoms with van der Waals surface area (Å²) >= 11 is 1.50. The third kappa shape index (κ3) is 3.49. The van der Waals surface area contributed by atoms with E-state index in [1.165, 1.54) is 11.3 Å². The Bertz CT molecular complexity index is 1160. The molecule has 138 valence electrons. The number of nitrogens with zero attached hydrogens (tertiary/aromatic N) is 5. The molecule has 3 heterocycles. The summed E-state index contributed by atoms with van der Waals surface area (Å²) in [5, 5.41) is 14.6. The highest BCUT2D eigenvalue weighted by molar-refractivity contribution is 7.15. The first-order valence-corrected chi connectivity index (χ1v) is 9.32. The maximum atomic E-state index is 9.28. The molecule has 0 aliphatic heterocycles. The van der Waals surface area contributed by atoms with Gasteiger partial charge in [-0.05, 0) is 30.3 Å². The molecule has 0 aliphatic carbocycles. The molecule has 0 amide bonds. The fraction of sp³-hybridized carbons (Fsp3) is 0.100. The number of benzene rings is 1. The van der Waals surface area contributed by atoms with E-state index in [1.54, 1.807) is 36.3 Å². The van der Waals surface area contributed by atoms with Crippen molar-refractivity contribution in [3.8, 4) is 39.5 Å². The molecule has 0 aliphatic rings. The number of aromatic nitrogens is 4. The van der Waals surface area contributed by atoms with Crippen LogP contribution in [0.3, 0.4) is 0 Å². The van der Waals surface area contributed by atoms with Crippen LogP contribution < -0.4 is 10.5 Å². The number of nitrogens with two attached hydrogens (primary N) is 1. The lowest BCUT2D eigenvalue weighted by molar-refractivity contribution is 0.432. The number of ether oxygens (including phenoxy) is 1. The lowest BCUT2D eigenvalue weighted by Crippen LogP contribution is -1.96. The van der Waals surface area contributed by atoms with Gasteiger partial charge in [0.2, 0.25) is 5.88 Å². The van der Waals surface area contributed by atoms with E-state index in [-0.39, 0.29) is 0 Å². The fourth-order valence-corrected chi connectivity index (χ4v) is 3.53. The summed E-state index contributed by atoms with van der Waals surface area (Å²) in [6, 6.07) is 15.0. The van der Waals surface area contributed by atoms with Crippen molar-refractivity contribution in [1.29, 1.82) is 5.26 Å². The maximum absolute atomic E-state index is 9.28. The number of aryl methyl sites for hydroxylation is 1. The van der Waals surface area contributed by atoms with Crippen molar-refractivity contribution in [2.75, 3.05) is 0 Å². The Morgan fingerprint density at radius 3 is 2.79 bits per heavy atom.